The van der Waals surface area contributed by atoms with Crippen molar-refractivity contribution in [3.63, 3.8) is 0 Å². The lowest BCUT2D eigenvalue weighted by Crippen LogP contribution is -2.34. The van der Waals surface area contributed by atoms with E-state index in [2.05, 4.69) is 24.4 Å². The largest absolute Gasteiger partial charge is 0.382 e. The van der Waals surface area contributed by atoms with E-state index in [0.717, 1.165) is 28.7 Å². The third-order valence-corrected chi connectivity index (χ3v) is 6.20. The molecule has 3 aliphatic carbocycles. The number of anilines is 1. The zero-order valence-electron chi connectivity index (χ0n) is 11.5. The third kappa shape index (κ3) is 1.89. The van der Waals surface area contributed by atoms with Crippen LogP contribution in [-0.4, -0.2) is 6.04 Å². The van der Waals surface area contributed by atoms with Gasteiger partial charge in [-0.3, -0.25) is 0 Å². The van der Waals surface area contributed by atoms with E-state index in [1.54, 1.807) is 0 Å². The molecule has 0 saturated heterocycles. The van der Waals surface area contributed by atoms with Gasteiger partial charge in [-0.1, -0.05) is 24.1 Å². The first-order valence-corrected chi connectivity index (χ1v) is 8.13. The molecule has 1 nitrogen and oxygen atoms in total. The van der Waals surface area contributed by atoms with Crippen LogP contribution in [0.25, 0.3) is 0 Å². The van der Waals surface area contributed by atoms with E-state index >= 15 is 0 Å². The van der Waals surface area contributed by atoms with E-state index < -0.39 is 0 Å². The fourth-order valence-electron chi connectivity index (χ4n) is 5.18. The van der Waals surface area contributed by atoms with Crippen LogP contribution >= 0.6 is 11.6 Å². The summed E-state index contributed by atoms with van der Waals surface area (Å²) in [6, 6.07) is 6.89. The Labute approximate surface area is 120 Å². The van der Waals surface area contributed by atoms with Gasteiger partial charge in [0.05, 0.1) is 0 Å². The van der Waals surface area contributed by atoms with Gasteiger partial charge in [0, 0.05) is 16.8 Å². The van der Waals surface area contributed by atoms with Crippen molar-refractivity contribution < 1.29 is 0 Å². The lowest BCUT2D eigenvalue weighted by molar-refractivity contribution is 0.243. The van der Waals surface area contributed by atoms with Crippen LogP contribution in [0, 0.1) is 30.6 Å². The van der Waals surface area contributed by atoms with Crippen LogP contribution in [0.1, 0.15) is 37.7 Å². The monoisotopic (exact) mass is 275 g/mol. The smallest absolute Gasteiger partial charge is 0.0426 e. The molecule has 1 N–H and O–H groups in total. The van der Waals surface area contributed by atoms with Crippen LogP contribution in [0.15, 0.2) is 18.2 Å². The summed E-state index contributed by atoms with van der Waals surface area (Å²) < 4.78 is 0. The van der Waals surface area contributed by atoms with E-state index in [4.69, 9.17) is 11.6 Å². The Morgan fingerprint density at radius 3 is 2.84 bits per heavy atom. The molecule has 0 aromatic heterocycles. The average molecular weight is 276 g/mol. The van der Waals surface area contributed by atoms with Gasteiger partial charge in [0.25, 0.3) is 0 Å². The van der Waals surface area contributed by atoms with Gasteiger partial charge in [0.15, 0.2) is 0 Å². The minimum absolute atomic E-state index is 0.696. The topological polar surface area (TPSA) is 12.0 Å². The number of benzene rings is 1. The summed E-state index contributed by atoms with van der Waals surface area (Å²) in [6.45, 7) is 2.17. The molecule has 5 atom stereocenters. The highest BCUT2D eigenvalue weighted by Crippen LogP contribution is 2.59. The molecule has 0 amide bonds. The Balaban J connectivity index is 1.54. The second-order valence-corrected chi connectivity index (χ2v) is 7.30. The summed E-state index contributed by atoms with van der Waals surface area (Å²) >= 11 is 6.13. The molecule has 5 unspecified atom stereocenters. The molecular weight excluding hydrogens is 254 g/mol. The van der Waals surface area contributed by atoms with Gasteiger partial charge in [-0.25, -0.2) is 0 Å². The number of rotatable bonds is 2. The van der Waals surface area contributed by atoms with Crippen molar-refractivity contribution in [1.29, 1.82) is 0 Å². The zero-order chi connectivity index (χ0) is 13.0. The fourth-order valence-corrected chi connectivity index (χ4v) is 5.36. The van der Waals surface area contributed by atoms with Gasteiger partial charge in [-0.15, -0.1) is 0 Å². The maximum atomic E-state index is 6.13. The summed E-state index contributed by atoms with van der Waals surface area (Å²) in [5.41, 5.74) is 2.56. The van der Waals surface area contributed by atoms with Crippen molar-refractivity contribution in [2.75, 3.05) is 5.32 Å². The molecule has 4 rings (SSSR count). The minimum Gasteiger partial charge on any atom is -0.382 e. The summed E-state index contributed by atoms with van der Waals surface area (Å²) in [5, 5.41) is 4.65. The van der Waals surface area contributed by atoms with E-state index in [0.29, 0.717) is 6.04 Å². The van der Waals surface area contributed by atoms with Crippen molar-refractivity contribution in [3.05, 3.63) is 28.8 Å². The molecule has 3 saturated carbocycles. The van der Waals surface area contributed by atoms with Crippen LogP contribution < -0.4 is 5.32 Å². The predicted molar refractivity (Wildman–Crippen MR) is 80.6 cm³/mol. The summed E-state index contributed by atoms with van der Waals surface area (Å²) in [6.07, 6.45) is 7.34. The first kappa shape index (κ1) is 12.1. The molecule has 19 heavy (non-hydrogen) atoms. The Kier molecular flexibility index (Phi) is 2.80. The first-order chi connectivity index (χ1) is 9.22. The third-order valence-electron chi connectivity index (χ3n) is 5.97. The highest BCUT2D eigenvalue weighted by molar-refractivity contribution is 6.30. The van der Waals surface area contributed by atoms with Gasteiger partial charge >= 0.3 is 0 Å². The number of nitrogens with one attached hydrogen (secondary N) is 1. The van der Waals surface area contributed by atoms with Crippen LogP contribution in [-0.2, 0) is 0 Å². The number of hydrogen-bond acceptors (Lipinski definition) is 1. The van der Waals surface area contributed by atoms with Gasteiger partial charge < -0.3 is 5.32 Å². The van der Waals surface area contributed by atoms with Gasteiger partial charge in [-0.2, -0.15) is 0 Å². The maximum Gasteiger partial charge on any atom is 0.0426 e. The standard InChI is InChI=1S/C17H22ClN/c1-10-5-6-12(18)9-16(10)19-17-8-11-7-15(17)14-4-2-3-13(11)14/h5-6,9,11,13-15,17,19H,2-4,7-8H2,1H3. The lowest BCUT2D eigenvalue weighted by atomic mass is 9.79. The molecule has 0 spiro atoms. The predicted octanol–water partition coefficient (Wildman–Crippen LogP) is 4.89. The lowest BCUT2D eigenvalue weighted by Gasteiger charge is -2.33. The molecular formula is C17H22ClN. The van der Waals surface area contributed by atoms with Crippen molar-refractivity contribution in [2.24, 2.45) is 23.7 Å². The Morgan fingerprint density at radius 2 is 1.95 bits per heavy atom. The second-order valence-electron chi connectivity index (χ2n) is 6.86. The van der Waals surface area contributed by atoms with Crippen LogP contribution in [0.5, 0.6) is 0 Å². The van der Waals surface area contributed by atoms with Crippen molar-refractivity contribution in [1.82, 2.24) is 0 Å². The molecule has 1 aromatic rings. The SMILES string of the molecule is Cc1ccc(Cl)cc1NC1CC2CC1C1CCCC21. The van der Waals surface area contributed by atoms with Gasteiger partial charge in [-0.05, 0) is 74.0 Å². The quantitative estimate of drug-likeness (QED) is 0.811. The molecule has 102 valence electrons. The fraction of sp³-hybridized carbons (Fsp3) is 0.647. The van der Waals surface area contributed by atoms with Crippen LogP contribution in [0.2, 0.25) is 5.02 Å². The molecule has 0 heterocycles. The molecule has 2 bridgehead atoms. The summed E-state index contributed by atoms with van der Waals surface area (Å²) in [4.78, 5) is 0. The van der Waals surface area contributed by atoms with E-state index in [9.17, 15) is 0 Å². The van der Waals surface area contributed by atoms with Gasteiger partial charge in [0.1, 0.15) is 0 Å². The van der Waals surface area contributed by atoms with E-state index in [1.165, 1.54) is 43.4 Å². The number of hydrogen-bond donors (Lipinski definition) is 1. The molecule has 3 fully saturated rings. The van der Waals surface area contributed by atoms with Crippen molar-refractivity contribution in [2.45, 2.75) is 45.1 Å². The number of halogens is 1. The minimum atomic E-state index is 0.696. The van der Waals surface area contributed by atoms with Crippen molar-refractivity contribution >= 4 is 17.3 Å². The molecule has 2 heteroatoms. The molecule has 3 aliphatic rings. The normalized spacial score (nSPS) is 39.6. The van der Waals surface area contributed by atoms with Crippen LogP contribution in [0.4, 0.5) is 5.69 Å². The van der Waals surface area contributed by atoms with Gasteiger partial charge in [0.2, 0.25) is 0 Å². The summed E-state index contributed by atoms with van der Waals surface area (Å²) in [5.74, 6) is 4.03. The van der Waals surface area contributed by atoms with E-state index in [1.807, 2.05) is 6.07 Å². The number of fused-ring (bicyclic) bond motifs is 5. The Morgan fingerprint density at radius 1 is 1.11 bits per heavy atom. The Hall–Kier alpha value is -0.690. The van der Waals surface area contributed by atoms with Crippen LogP contribution in [0.3, 0.4) is 0 Å². The highest BCUT2D eigenvalue weighted by atomic mass is 35.5. The highest BCUT2D eigenvalue weighted by Gasteiger charge is 2.53. The molecule has 0 aliphatic heterocycles. The summed E-state index contributed by atoms with van der Waals surface area (Å²) in [7, 11) is 0. The van der Waals surface area contributed by atoms with Crippen molar-refractivity contribution in [3.8, 4) is 0 Å². The zero-order valence-corrected chi connectivity index (χ0v) is 12.3. The molecule has 1 aromatic carbocycles. The Bertz CT molecular complexity index is 498. The average Bonchev–Trinajstić information content (AvgIpc) is 3.05. The van der Waals surface area contributed by atoms with E-state index in [-0.39, 0.29) is 0 Å². The number of aryl methyl sites for hydroxylation is 1. The second kappa shape index (κ2) is 4.41. The molecule has 0 radical (unpaired) electrons. The maximum absolute atomic E-state index is 6.13. The first-order valence-electron chi connectivity index (χ1n) is 7.75.